The van der Waals surface area contributed by atoms with E-state index in [1.54, 1.807) is 11.3 Å². The number of nitrogens with one attached hydrogen (secondary N) is 1. The Morgan fingerprint density at radius 3 is 2.47 bits per heavy atom. The van der Waals surface area contributed by atoms with Crippen LogP contribution in [0.3, 0.4) is 0 Å². The maximum absolute atomic E-state index is 11.3. The summed E-state index contributed by atoms with van der Waals surface area (Å²) in [4.78, 5) is 13.8. The van der Waals surface area contributed by atoms with Gasteiger partial charge in [-0.15, -0.1) is 11.3 Å². The minimum atomic E-state index is -0.849. The first-order valence-electron chi connectivity index (χ1n) is 6.29. The number of benzene rings is 1. The van der Waals surface area contributed by atoms with Crippen LogP contribution in [0.4, 0.5) is 0 Å². The van der Waals surface area contributed by atoms with Gasteiger partial charge in [-0.3, -0.25) is 10.1 Å². The maximum atomic E-state index is 11.3. The number of aryl methyl sites for hydroxylation is 1. The second-order valence-electron chi connectivity index (χ2n) is 4.28. The van der Waals surface area contributed by atoms with E-state index < -0.39 is 12.0 Å². The molecule has 0 radical (unpaired) electrons. The lowest BCUT2D eigenvalue weighted by Crippen LogP contribution is -2.27. The second-order valence-corrected chi connectivity index (χ2v) is 5.54. The van der Waals surface area contributed by atoms with Crippen molar-refractivity contribution in [1.82, 2.24) is 5.32 Å². The molecule has 0 amide bonds. The maximum Gasteiger partial charge on any atom is 0.325 e. The predicted octanol–water partition coefficient (Wildman–Crippen LogP) is 3.23. The van der Waals surface area contributed by atoms with Gasteiger partial charge in [0.15, 0.2) is 0 Å². The molecule has 1 aromatic heterocycles. The number of rotatable bonds is 6. The van der Waals surface area contributed by atoms with Gasteiger partial charge in [0.1, 0.15) is 6.04 Å². The molecule has 0 fully saturated rings. The van der Waals surface area contributed by atoms with Crippen molar-refractivity contribution in [2.24, 2.45) is 0 Å². The number of aliphatic carboxylic acids is 1. The minimum absolute atomic E-state index is 0.580. The normalized spacial score (nSPS) is 12.3. The first kappa shape index (κ1) is 13.8. The molecule has 0 saturated carbocycles. The first-order chi connectivity index (χ1) is 9.20. The Morgan fingerprint density at radius 1 is 1.21 bits per heavy atom. The van der Waals surface area contributed by atoms with Crippen LogP contribution in [0.1, 0.15) is 28.3 Å². The van der Waals surface area contributed by atoms with Crippen LogP contribution >= 0.6 is 11.3 Å². The molecule has 2 rings (SSSR count). The highest BCUT2D eigenvalue weighted by Gasteiger charge is 2.18. The monoisotopic (exact) mass is 275 g/mol. The molecule has 19 heavy (non-hydrogen) atoms. The molecule has 1 atom stereocenters. The van der Waals surface area contributed by atoms with Crippen molar-refractivity contribution in [3.63, 3.8) is 0 Å². The molecule has 1 heterocycles. The van der Waals surface area contributed by atoms with E-state index in [0.29, 0.717) is 6.54 Å². The molecule has 0 aliphatic rings. The van der Waals surface area contributed by atoms with Crippen molar-refractivity contribution in [2.75, 3.05) is 0 Å². The van der Waals surface area contributed by atoms with Crippen molar-refractivity contribution >= 4 is 17.3 Å². The lowest BCUT2D eigenvalue weighted by Gasteiger charge is -2.14. The zero-order valence-corrected chi connectivity index (χ0v) is 11.6. The van der Waals surface area contributed by atoms with E-state index in [0.717, 1.165) is 12.0 Å². The van der Waals surface area contributed by atoms with Crippen LogP contribution in [0.15, 0.2) is 42.5 Å². The first-order valence-corrected chi connectivity index (χ1v) is 7.11. The average Bonchev–Trinajstić information content (AvgIpc) is 2.88. The molecule has 4 heteroatoms. The number of carbonyl (C=O) groups is 1. The summed E-state index contributed by atoms with van der Waals surface area (Å²) in [6, 6.07) is 12.7. The molecule has 0 saturated heterocycles. The number of hydrogen-bond acceptors (Lipinski definition) is 3. The lowest BCUT2D eigenvalue weighted by atomic mass is 10.1. The van der Waals surface area contributed by atoms with E-state index >= 15 is 0 Å². The molecule has 1 unspecified atom stereocenters. The molecule has 0 spiro atoms. The molecule has 1 aromatic carbocycles. The zero-order valence-electron chi connectivity index (χ0n) is 10.8. The summed E-state index contributed by atoms with van der Waals surface area (Å²) in [5.74, 6) is -0.849. The van der Waals surface area contributed by atoms with E-state index in [4.69, 9.17) is 0 Å². The molecular weight excluding hydrogens is 258 g/mol. The summed E-state index contributed by atoms with van der Waals surface area (Å²) < 4.78 is 0. The number of carboxylic acid groups (broad SMARTS) is 1. The third-order valence-electron chi connectivity index (χ3n) is 2.93. The average molecular weight is 275 g/mol. The fourth-order valence-corrected chi connectivity index (χ4v) is 2.81. The lowest BCUT2D eigenvalue weighted by molar-refractivity contribution is -0.139. The Hall–Kier alpha value is -1.65. The fraction of sp³-hybridized carbons (Fsp3) is 0.267. The zero-order chi connectivity index (χ0) is 13.7. The van der Waals surface area contributed by atoms with Crippen molar-refractivity contribution in [3.8, 4) is 0 Å². The van der Waals surface area contributed by atoms with Crippen molar-refractivity contribution in [2.45, 2.75) is 25.9 Å². The second kappa shape index (κ2) is 6.50. The largest absolute Gasteiger partial charge is 0.480 e. The molecule has 0 bridgehead atoms. The Morgan fingerprint density at radius 2 is 1.89 bits per heavy atom. The molecule has 3 nitrogen and oxygen atoms in total. The summed E-state index contributed by atoms with van der Waals surface area (Å²) in [6.45, 7) is 2.70. The predicted molar refractivity (Wildman–Crippen MR) is 77.4 cm³/mol. The molecule has 0 aliphatic heterocycles. The van der Waals surface area contributed by atoms with Crippen molar-refractivity contribution < 1.29 is 9.90 Å². The fourth-order valence-electron chi connectivity index (χ4n) is 1.90. The highest BCUT2D eigenvalue weighted by molar-refractivity contribution is 7.11. The van der Waals surface area contributed by atoms with Gasteiger partial charge < -0.3 is 5.11 Å². The number of carboxylic acids is 1. The number of thiophene rings is 1. The van der Waals surface area contributed by atoms with Gasteiger partial charge in [0.05, 0.1) is 0 Å². The van der Waals surface area contributed by atoms with E-state index in [-0.39, 0.29) is 0 Å². The van der Waals surface area contributed by atoms with Gasteiger partial charge in [0.25, 0.3) is 0 Å². The van der Waals surface area contributed by atoms with E-state index in [2.05, 4.69) is 24.4 Å². The van der Waals surface area contributed by atoms with Crippen LogP contribution < -0.4 is 5.32 Å². The summed E-state index contributed by atoms with van der Waals surface area (Å²) in [6.07, 6.45) is 1.02. The third kappa shape index (κ3) is 3.66. The quantitative estimate of drug-likeness (QED) is 0.851. The van der Waals surface area contributed by atoms with Gasteiger partial charge in [-0.1, -0.05) is 37.3 Å². The highest BCUT2D eigenvalue weighted by Crippen LogP contribution is 2.19. The minimum Gasteiger partial charge on any atom is -0.480 e. The van der Waals surface area contributed by atoms with Crippen molar-refractivity contribution in [3.05, 3.63) is 57.8 Å². The highest BCUT2D eigenvalue weighted by atomic mass is 32.1. The molecule has 2 N–H and O–H groups in total. The van der Waals surface area contributed by atoms with Crippen LogP contribution in [-0.2, 0) is 17.8 Å². The Kier molecular flexibility index (Phi) is 4.71. The standard InChI is InChI=1S/C15H17NO2S/c1-2-12-8-9-13(19-12)10-16-14(15(17)18)11-6-4-3-5-7-11/h3-9,14,16H,2,10H2,1H3,(H,17,18). The third-order valence-corrected chi connectivity index (χ3v) is 4.16. The van der Waals surface area contributed by atoms with Crippen LogP contribution in [0, 0.1) is 0 Å². The van der Waals surface area contributed by atoms with Gasteiger partial charge in [0, 0.05) is 16.3 Å². The smallest absolute Gasteiger partial charge is 0.325 e. The van der Waals surface area contributed by atoms with Crippen LogP contribution in [-0.4, -0.2) is 11.1 Å². The van der Waals surface area contributed by atoms with Gasteiger partial charge in [-0.05, 0) is 24.1 Å². The topological polar surface area (TPSA) is 49.3 Å². The van der Waals surface area contributed by atoms with Gasteiger partial charge in [0.2, 0.25) is 0 Å². The van der Waals surface area contributed by atoms with Gasteiger partial charge >= 0.3 is 5.97 Å². The number of hydrogen-bond donors (Lipinski definition) is 2. The van der Waals surface area contributed by atoms with Gasteiger partial charge in [-0.25, -0.2) is 0 Å². The van der Waals surface area contributed by atoms with Crippen molar-refractivity contribution in [1.29, 1.82) is 0 Å². The Balaban J connectivity index is 2.04. The molecule has 100 valence electrons. The van der Waals surface area contributed by atoms with E-state index in [1.807, 2.05) is 30.3 Å². The van der Waals surface area contributed by atoms with Crippen LogP contribution in [0.25, 0.3) is 0 Å². The summed E-state index contributed by atoms with van der Waals surface area (Å²) in [7, 11) is 0. The SMILES string of the molecule is CCc1ccc(CNC(C(=O)O)c2ccccc2)s1. The molecular formula is C15H17NO2S. The van der Waals surface area contributed by atoms with Gasteiger partial charge in [-0.2, -0.15) is 0 Å². The summed E-state index contributed by atoms with van der Waals surface area (Å²) in [5.41, 5.74) is 0.780. The van der Waals surface area contributed by atoms with E-state index in [9.17, 15) is 9.90 Å². The van der Waals surface area contributed by atoms with E-state index in [1.165, 1.54) is 9.75 Å². The van der Waals surface area contributed by atoms with Crippen LogP contribution in [0.2, 0.25) is 0 Å². The Bertz CT molecular complexity index is 536. The molecule has 2 aromatic rings. The van der Waals surface area contributed by atoms with Crippen LogP contribution in [0.5, 0.6) is 0 Å². The summed E-state index contributed by atoms with van der Waals surface area (Å²) in [5, 5.41) is 12.4. The summed E-state index contributed by atoms with van der Waals surface area (Å²) >= 11 is 1.73. The Labute approximate surface area is 116 Å². The molecule has 0 aliphatic carbocycles.